The summed E-state index contributed by atoms with van der Waals surface area (Å²) in [6, 6.07) is 15.8. The Hall–Kier alpha value is -3.87. The van der Waals surface area contributed by atoms with Crippen LogP contribution < -0.4 is 15.4 Å². The van der Waals surface area contributed by atoms with Crippen LogP contribution in [0.25, 0.3) is 22.0 Å². The number of anilines is 3. The van der Waals surface area contributed by atoms with Crippen molar-refractivity contribution in [2.45, 2.75) is 6.92 Å². The van der Waals surface area contributed by atoms with Crippen molar-refractivity contribution in [3.05, 3.63) is 66.7 Å². The topological polar surface area (TPSA) is 79.3 Å². The summed E-state index contributed by atoms with van der Waals surface area (Å²) in [5, 5.41) is 16.9. The van der Waals surface area contributed by atoms with Crippen molar-refractivity contribution in [3.8, 4) is 22.6 Å². The molecular weight excluding hydrogens is 383 g/mol. The van der Waals surface area contributed by atoms with E-state index in [1.165, 1.54) is 19.5 Å². The van der Waals surface area contributed by atoms with Crippen molar-refractivity contribution < 1.29 is 14.2 Å². The number of benzene rings is 3. The Morgan fingerprint density at radius 1 is 1.00 bits per heavy atom. The molecule has 7 heteroatoms. The highest BCUT2D eigenvalue weighted by atomic mass is 19.1. The number of hydrogen-bond acceptors (Lipinski definition) is 6. The number of nitrogens with zero attached hydrogens (tertiary/aromatic N) is 2. The van der Waals surface area contributed by atoms with Crippen LogP contribution in [0.2, 0.25) is 0 Å². The zero-order valence-electron chi connectivity index (χ0n) is 16.6. The molecule has 30 heavy (non-hydrogen) atoms. The summed E-state index contributed by atoms with van der Waals surface area (Å²) in [7, 11) is 1.51. The molecule has 3 aromatic carbocycles. The zero-order valence-corrected chi connectivity index (χ0v) is 16.6. The van der Waals surface area contributed by atoms with Crippen LogP contribution in [0.3, 0.4) is 0 Å². The van der Waals surface area contributed by atoms with Gasteiger partial charge in [-0.05, 0) is 60.5 Å². The molecule has 0 fully saturated rings. The molecule has 1 aromatic heterocycles. The van der Waals surface area contributed by atoms with E-state index in [-0.39, 0.29) is 11.6 Å². The zero-order chi connectivity index (χ0) is 21.1. The summed E-state index contributed by atoms with van der Waals surface area (Å²) >= 11 is 0. The Bertz CT molecular complexity index is 1210. The molecule has 0 spiro atoms. The minimum atomic E-state index is -0.307. The SMILES string of the molecule is CCNc1cc(Nc2ncnc3ccc(-c4ccc(O)c(OC)c4)cc23)ccc1F. The predicted molar refractivity (Wildman–Crippen MR) is 117 cm³/mol. The van der Waals surface area contributed by atoms with Gasteiger partial charge in [-0.2, -0.15) is 0 Å². The fourth-order valence-electron chi connectivity index (χ4n) is 3.26. The predicted octanol–water partition coefficient (Wildman–Crippen LogP) is 5.33. The Labute approximate surface area is 173 Å². The van der Waals surface area contributed by atoms with Crippen LogP contribution in [0.4, 0.5) is 21.6 Å². The summed E-state index contributed by atoms with van der Waals surface area (Å²) in [6.45, 7) is 2.54. The second-order valence-electron chi connectivity index (χ2n) is 6.69. The number of fused-ring (bicyclic) bond motifs is 1. The first kappa shape index (κ1) is 19.4. The van der Waals surface area contributed by atoms with Crippen molar-refractivity contribution in [3.63, 3.8) is 0 Å². The number of halogens is 1. The molecule has 6 nitrogen and oxygen atoms in total. The summed E-state index contributed by atoms with van der Waals surface area (Å²) in [5.74, 6) is 0.790. The maximum atomic E-state index is 13.9. The second-order valence-corrected chi connectivity index (χ2v) is 6.69. The Morgan fingerprint density at radius 2 is 1.80 bits per heavy atom. The van der Waals surface area contributed by atoms with Crippen LogP contribution in [0.15, 0.2) is 60.9 Å². The highest BCUT2D eigenvalue weighted by Crippen LogP contribution is 2.34. The van der Waals surface area contributed by atoms with Gasteiger partial charge in [0, 0.05) is 17.6 Å². The number of rotatable bonds is 6. The van der Waals surface area contributed by atoms with Crippen LogP contribution in [-0.2, 0) is 0 Å². The Balaban J connectivity index is 1.75. The first-order chi connectivity index (χ1) is 14.6. The first-order valence-electron chi connectivity index (χ1n) is 9.51. The Kier molecular flexibility index (Phi) is 5.34. The van der Waals surface area contributed by atoms with Crippen LogP contribution in [0, 0.1) is 5.82 Å². The number of phenolic OH excluding ortho intramolecular Hbond substituents is 1. The monoisotopic (exact) mass is 404 g/mol. The molecule has 0 saturated carbocycles. The first-order valence-corrected chi connectivity index (χ1v) is 9.51. The van der Waals surface area contributed by atoms with E-state index < -0.39 is 0 Å². The fraction of sp³-hybridized carbons (Fsp3) is 0.130. The van der Waals surface area contributed by atoms with E-state index in [1.54, 1.807) is 24.3 Å². The number of ether oxygens (including phenoxy) is 1. The van der Waals surface area contributed by atoms with E-state index in [1.807, 2.05) is 31.2 Å². The minimum absolute atomic E-state index is 0.0838. The minimum Gasteiger partial charge on any atom is -0.504 e. The van der Waals surface area contributed by atoms with E-state index in [2.05, 4.69) is 20.6 Å². The van der Waals surface area contributed by atoms with Gasteiger partial charge >= 0.3 is 0 Å². The smallest absolute Gasteiger partial charge is 0.161 e. The van der Waals surface area contributed by atoms with E-state index in [0.29, 0.717) is 29.5 Å². The van der Waals surface area contributed by atoms with Crippen molar-refractivity contribution in [1.29, 1.82) is 0 Å². The van der Waals surface area contributed by atoms with Gasteiger partial charge in [0.25, 0.3) is 0 Å². The third-order valence-corrected chi connectivity index (χ3v) is 4.74. The highest BCUT2D eigenvalue weighted by Gasteiger charge is 2.10. The molecule has 0 aliphatic rings. The molecule has 0 aliphatic heterocycles. The van der Waals surface area contributed by atoms with Crippen molar-refractivity contribution in [2.75, 3.05) is 24.3 Å². The lowest BCUT2D eigenvalue weighted by atomic mass is 10.0. The van der Waals surface area contributed by atoms with Gasteiger partial charge in [0.2, 0.25) is 0 Å². The van der Waals surface area contributed by atoms with Gasteiger partial charge < -0.3 is 20.5 Å². The number of aromatic nitrogens is 2. The number of aromatic hydroxyl groups is 1. The normalized spacial score (nSPS) is 10.8. The van der Waals surface area contributed by atoms with Crippen molar-refractivity contribution >= 4 is 28.1 Å². The lowest BCUT2D eigenvalue weighted by Crippen LogP contribution is -2.01. The summed E-state index contributed by atoms with van der Waals surface area (Å²) in [6.07, 6.45) is 1.49. The molecule has 0 amide bonds. The molecule has 0 bridgehead atoms. The third kappa shape index (κ3) is 3.82. The summed E-state index contributed by atoms with van der Waals surface area (Å²) in [5.41, 5.74) is 3.72. The van der Waals surface area contributed by atoms with Gasteiger partial charge in [-0.3, -0.25) is 0 Å². The van der Waals surface area contributed by atoms with Crippen LogP contribution in [0.5, 0.6) is 11.5 Å². The summed E-state index contributed by atoms with van der Waals surface area (Å²) < 4.78 is 19.1. The van der Waals surface area contributed by atoms with Gasteiger partial charge in [-0.1, -0.05) is 12.1 Å². The molecule has 0 radical (unpaired) electrons. The largest absolute Gasteiger partial charge is 0.504 e. The standard InChI is InChI=1S/C23H21FN4O2/c1-3-25-20-12-16(6-7-18(20)24)28-23-17-10-14(4-8-19(17)26-13-27-23)15-5-9-21(29)22(11-15)30-2/h4-13,25,29H,3H2,1-2H3,(H,26,27,28). The molecule has 0 unspecified atom stereocenters. The van der Waals surface area contributed by atoms with Gasteiger partial charge in [0.15, 0.2) is 11.5 Å². The maximum absolute atomic E-state index is 13.9. The Morgan fingerprint density at radius 3 is 2.60 bits per heavy atom. The summed E-state index contributed by atoms with van der Waals surface area (Å²) in [4.78, 5) is 8.72. The van der Waals surface area contributed by atoms with Gasteiger partial charge in [0.05, 0.1) is 18.3 Å². The van der Waals surface area contributed by atoms with Crippen molar-refractivity contribution in [1.82, 2.24) is 9.97 Å². The molecule has 4 rings (SSSR count). The van der Waals surface area contributed by atoms with E-state index in [0.717, 1.165) is 22.0 Å². The number of methoxy groups -OCH3 is 1. The molecule has 0 aliphatic carbocycles. The van der Waals surface area contributed by atoms with Gasteiger partial charge in [-0.15, -0.1) is 0 Å². The highest BCUT2D eigenvalue weighted by molar-refractivity contribution is 5.94. The van der Waals surface area contributed by atoms with E-state index in [9.17, 15) is 9.50 Å². The molecule has 0 atom stereocenters. The molecule has 1 heterocycles. The van der Waals surface area contributed by atoms with E-state index in [4.69, 9.17) is 4.74 Å². The lowest BCUT2D eigenvalue weighted by molar-refractivity contribution is 0.373. The maximum Gasteiger partial charge on any atom is 0.161 e. The number of hydrogen-bond donors (Lipinski definition) is 3. The quantitative estimate of drug-likeness (QED) is 0.403. The average molecular weight is 404 g/mol. The van der Waals surface area contributed by atoms with Crippen LogP contribution >= 0.6 is 0 Å². The van der Waals surface area contributed by atoms with Crippen molar-refractivity contribution in [2.24, 2.45) is 0 Å². The van der Waals surface area contributed by atoms with Crippen LogP contribution in [-0.4, -0.2) is 28.7 Å². The van der Waals surface area contributed by atoms with Crippen LogP contribution in [0.1, 0.15) is 6.92 Å². The molecule has 3 N–H and O–H groups in total. The molecule has 4 aromatic rings. The second kappa shape index (κ2) is 8.24. The third-order valence-electron chi connectivity index (χ3n) is 4.74. The van der Waals surface area contributed by atoms with E-state index >= 15 is 0 Å². The average Bonchev–Trinajstić information content (AvgIpc) is 2.76. The fourth-order valence-corrected chi connectivity index (χ4v) is 3.26. The van der Waals surface area contributed by atoms with Gasteiger partial charge in [0.1, 0.15) is 18.0 Å². The molecular formula is C23H21FN4O2. The number of phenols is 1. The lowest BCUT2D eigenvalue weighted by Gasteiger charge is -2.12. The number of nitrogens with one attached hydrogen (secondary N) is 2. The molecule has 152 valence electrons. The molecule has 0 saturated heterocycles. The van der Waals surface area contributed by atoms with Gasteiger partial charge in [-0.25, -0.2) is 14.4 Å².